The Bertz CT molecular complexity index is 684. The molecule has 0 saturated heterocycles. The standard InChI is InChI=1S/C19H21ClN2O2/c1-2-3-6-15-9-11-17(12-10-15)24-14-19(23)22-21-13-16-7-4-5-8-18(16)20/h4-5,7-13H,2-3,6,14H2,1H3,(H,22,23)/b21-13-. The highest BCUT2D eigenvalue weighted by Gasteiger charge is 2.02. The van der Waals surface area contributed by atoms with Crippen molar-refractivity contribution >= 4 is 23.7 Å². The average molecular weight is 345 g/mol. The molecule has 126 valence electrons. The van der Waals surface area contributed by atoms with Crippen molar-refractivity contribution in [3.8, 4) is 5.75 Å². The summed E-state index contributed by atoms with van der Waals surface area (Å²) in [6.45, 7) is 2.08. The Balaban J connectivity index is 1.76. The number of hydrogen-bond acceptors (Lipinski definition) is 3. The third-order valence-corrected chi connectivity index (χ3v) is 3.75. The molecule has 0 fully saturated rings. The molecule has 0 saturated carbocycles. The summed E-state index contributed by atoms with van der Waals surface area (Å²) in [4.78, 5) is 11.7. The zero-order valence-corrected chi connectivity index (χ0v) is 14.4. The van der Waals surface area contributed by atoms with E-state index in [1.54, 1.807) is 6.07 Å². The van der Waals surface area contributed by atoms with Gasteiger partial charge in [-0.1, -0.05) is 55.3 Å². The molecule has 0 atom stereocenters. The summed E-state index contributed by atoms with van der Waals surface area (Å²) in [5.41, 5.74) is 4.43. The SMILES string of the molecule is CCCCc1ccc(OCC(=O)N/N=C\c2ccccc2Cl)cc1. The lowest BCUT2D eigenvalue weighted by Gasteiger charge is -2.06. The van der Waals surface area contributed by atoms with Crippen LogP contribution in [0.2, 0.25) is 5.02 Å². The monoisotopic (exact) mass is 344 g/mol. The van der Waals surface area contributed by atoms with E-state index >= 15 is 0 Å². The van der Waals surface area contributed by atoms with Gasteiger partial charge in [-0.05, 0) is 36.6 Å². The molecule has 2 aromatic carbocycles. The predicted octanol–water partition coefficient (Wildman–Crippen LogP) is 4.21. The zero-order valence-electron chi connectivity index (χ0n) is 13.7. The maximum absolute atomic E-state index is 11.7. The van der Waals surface area contributed by atoms with Gasteiger partial charge < -0.3 is 4.74 Å². The van der Waals surface area contributed by atoms with E-state index < -0.39 is 0 Å². The topological polar surface area (TPSA) is 50.7 Å². The number of halogens is 1. The molecule has 0 radical (unpaired) electrons. The molecule has 0 aliphatic rings. The van der Waals surface area contributed by atoms with Crippen molar-refractivity contribution in [2.24, 2.45) is 5.10 Å². The number of benzene rings is 2. The quantitative estimate of drug-likeness (QED) is 0.576. The van der Waals surface area contributed by atoms with E-state index in [9.17, 15) is 4.79 Å². The smallest absolute Gasteiger partial charge is 0.277 e. The van der Waals surface area contributed by atoms with Crippen LogP contribution < -0.4 is 10.2 Å². The minimum Gasteiger partial charge on any atom is -0.484 e. The van der Waals surface area contributed by atoms with Gasteiger partial charge in [-0.25, -0.2) is 5.43 Å². The molecule has 1 N–H and O–H groups in total. The second kappa shape index (κ2) is 9.73. The number of carbonyl (C=O) groups excluding carboxylic acids is 1. The van der Waals surface area contributed by atoms with E-state index in [0.29, 0.717) is 10.8 Å². The Morgan fingerprint density at radius 3 is 2.67 bits per heavy atom. The largest absolute Gasteiger partial charge is 0.484 e. The van der Waals surface area contributed by atoms with Crippen molar-refractivity contribution in [2.75, 3.05) is 6.61 Å². The lowest BCUT2D eigenvalue weighted by atomic mass is 10.1. The van der Waals surface area contributed by atoms with Gasteiger partial charge in [-0.3, -0.25) is 4.79 Å². The van der Waals surface area contributed by atoms with Crippen LogP contribution in [0.3, 0.4) is 0 Å². The number of amides is 1. The molecule has 0 aliphatic carbocycles. The first-order valence-electron chi connectivity index (χ1n) is 7.97. The third-order valence-electron chi connectivity index (χ3n) is 3.41. The number of ether oxygens (including phenoxy) is 1. The number of unbranched alkanes of at least 4 members (excludes halogenated alkanes) is 1. The first-order chi connectivity index (χ1) is 11.7. The number of aryl methyl sites for hydroxylation is 1. The van der Waals surface area contributed by atoms with Crippen LogP contribution in [0.25, 0.3) is 0 Å². The highest BCUT2D eigenvalue weighted by Crippen LogP contribution is 2.14. The lowest BCUT2D eigenvalue weighted by Crippen LogP contribution is -2.24. The minimum atomic E-state index is -0.326. The number of hydrazone groups is 1. The molecule has 0 aliphatic heterocycles. The Labute approximate surface area is 147 Å². The maximum atomic E-state index is 11.7. The number of carbonyl (C=O) groups is 1. The van der Waals surface area contributed by atoms with Crippen LogP contribution in [0.5, 0.6) is 5.75 Å². The van der Waals surface area contributed by atoms with E-state index in [2.05, 4.69) is 17.5 Å². The van der Waals surface area contributed by atoms with Gasteiger partial charge in [0.2, 0.25) is 0 Å². The lowest BCUT2D eigenvalue weighted by molar-refractivity contribution is -0.123. The molecule has 2 aromatic rings. The zero-order chi connectivity index (χ0) is 17.2. The molecule has 0 bridgehead atoms. The van der Waals surface area contributed by atoms with Crippen LogP contribution in [0.4, 0.5) is 0 Å². The molecule has 0 spiro atoms. The molecule has 0 unspecified atom stereocenters. The van der Waals surface area contributed by atoms with Gasteiger partial charge in [0.15, 0.2) is 6.61 Å². The summed E-state index contributed by atoms with van der Waals surface area (Å²) in [6.07, 6.45) is 4.91. The number of nitrogens with zero attached hydrogens (tertiary/aromatic N) is 1. The first-order valence-corrected chi connectivity index (χ1v) is 8.35. The van der Waals surface area contributed by atoms with Crippen molar-refractivity contribution in [1.29, 1.82) is 0 Å². The van der Waals surface area contributed by atoms with Crippen molar-refractivity contribution in [3.63, 3.8) is 0 Å². The summed E-state index contributed by atoms with van der Waals surface area (Å²) in [5, 5.41) is 4.45. The summed E-state index contributed by atoms with van der Waals surface area (Å²) >= 11 is 6.00. The molecule has 24 heavy (non-hydrogen) atoms. The average Bonchev–Trinajstić information content (AvgIpc) is 2.61. The fourth-order valence-electron chi connectivity index (χ4n) is 2.07. The third kappa shape index (κ3) is 6.05. The van der Waals surface area contributed by atoms with Crippen LogP contribution >= 0.6 is 11.6 Å². The molecule has 1 amide bonds. The van der Waals surface area contributed by atoms with Crippen molar-refractivity contribution in [3.05, 3.63) is 64.7 Å². The molecule has 0 heterocycles. The van der Waals surface area contributed by atoms with Gasteiger partial charge in [0.25, 0.3) is 5.91 Å². The highest BCUT2D eigenvalue weighted by molar-refractivity contribution is 6.33. The normalized spacial score (nSPS) is 10.8. The van der Waals surface area contributed by atoms with Crippen molar-refractivity contribution < 1.29 is 9.53 Å². The van der Waals surface area contributed by atoms with E-state index in [0.717, 1.165) is 12.0 Å². The van der Waals surface area contributed by atoms with Crippen molar-refractivity contribution in [2.45, 2.75) is 26.2 Å². The van der Waals surface area contributed by atoms with Crippen molar-refractivity contribution in [1.82, 2.24) is 5.43 Å². The molecule has 4 nitrogen and oxygen atoms in total. The molecular formula is C19H21ClN2O2. The van der Waals surface area contributed by atoms with E-state index in [1.807, 2.05) is 42.5 Å². The number of rotatable bonds is 8. The van der Waals surface area contributed by atoms with Crippen LogP contribution in [0.15, 0.2) is 53.6 Å². The predicted molar refractivity (Wildman–Crippen MR) is 97.7 cm³/mol. The Hall–Kier alpha value is -2.33. The van der Waals surface area contributed by atoms with Gasteiger partial charge in [0.05, 0.1) is 6.21 Å². The van der Waals surface area contributed by atoms with Gasteiger partial charge in [-0.15, -0.1) is 0 Å². The van der Waals surface area contributed by atoms with Crippen LogP contribution in [0, 0.1) is 0 Å². The Morgan fingerprint density at radius 2 is 1.96 bits per heavy atom. The Morgan fingerprint density at radius 1 is 1.21 bits per heavy atom. The fraction of sp³-hybridized carbons (Fsp3) is 0.263. The minimum absolute atomic E-state index is 0.0891. The summed E-state index contributed by atoms with van der Waals surface area (Å²) < 4.78 is 5.44. The summed E-state index contributed by atoms with van der Waals surface area (Å²) in [5.74, 6) is 0.342. The summed E-state index contributed by atoms with van der Waals surface area (Å²) in [7, 11) is 0. The van der Waals surface area contributed by atoms with E-state index in [1.165, 1.54) is 24.6 Å². The van der Waals surface area contributed by atoms with E-state index in [-0.39, 0.29) is 12.5 Å². The molecule has 0 aromatic heterocycles. The molecular weight excluding hydrogens is 324 g/mol. The van der Waals surface area contributed by atoms with E-state index in [4.69, 9.17) is 16.3 Å². The van der Waals surface area contributed by atoms with Gasteiger partial charge in [0, 0.05) is 10.6 Å². The second-order valence-corrected chi connectivity index (χ2v) is 5.76. The molecule has 2 rings (SSSR count). The Kier molecular flexibility index (Phi) is 7.30. The first kappa shape index (κ1) is 18.0. The van der Waals surface area contributed by atoms with Gasteiger partial charge in [0.1, 0.15) is 5.75 Å². The van der Waals surface area contributed by atoms with Crippen LogP contribution in [-0.4, -0.2) is 18.7 Å². The van der Waals surface area contributed by atoms with Gasteiger partial charge in [-0.2, -0.15) is 5.10 Å². The highest BCUT2D eigenvalue weighted by atomic mass is 35.5. The van der Waals surface area contributed by atoms with Crippen LogP contribution in [-0.2, 0) is 11.2 Å². The van der Waals surface area contributed by atoms with Crippen LogP contribution in [0.1, 0.15) is 30.9 Å². The van der Waals surface area contributed by atoms with Gasteiger partial charge >= 0.3 is 0 Å². The second-order valence-electron chi connectivity index (χ2n) is 5.35. The summed E-state index contributed by atoms with van der Waals surface area (Å²) in [6, 6.07) is 15.1. The number of hydrogen-bond donors (Lipinski definition) is 1. The maximum Gasteiger partial charge on any atom is 0.277 e. The number of nitrogens with one attached hydrogen (secondary N) is 1. The fourth-order valence-corrected chi connectivity index (χ4v) is 2.25. The molecule has 5 heteroatoms.